The van der Waals surface area contributed by atoms with E-state index < -0.39 is 42.0 Å². The summed E-state index contributed by atoms with van der Waals surface area (Å²) in [5.74, 6) is -2.00. The van der Waals surface area contributed by atoms with Gasteiger partial charge in [0, 0.05) is 0 Å². The second-order valence-electron chi connectivity index (χ2n) is 5.97. The quantitative estimate of drug-likeness (QED) is 0.555. The van der Waals surface area contributed by atoms with Gasteiger partial charge in [0.2, 0.25) is 0 Å². The number of nitrogens with two attached hydrogens (primary N) is 1. The molecule has 3 atom stereocenters. The molecule has 1 saturated carbocycles. The average molecular weight is 311 g/mol. The first kappa shape index (κ1) is 16.3. The summed E-state index contributed by atoms with van der Waals surface area (Å²) in [5, 5.41) is 2.74. The SMILES string of the molecule is C[C@H](OC(=O)CN1C(=O)N[C@@]2(CCCC[C@H]2C)C1=O)C(N)=O. The Labute approximate surface area is 128 Å². The van der Waals surface area contributed by atoms with Crippen molar-refractivity contribution < 1.29 is 23.9 Å². The predicted octanol–water partition coefficient (Wildman–Crippen LogP) is -0.0959. The number of nitrogens with one attached hydrogen (secondary N) is 1. The van der Waals surface area contributed by atoms with Crippen molar-refractivity contribution in [3.8, 4) is 0 Å². The summed E-state index contributed by atoms with van der Waals surface area (Å²) in [4.78, 5) is 48.1. The Hall–Kier alpha value is -2.12. The van der Waals surface area contributed by atoms with E-state index in [1.807, 2.05) is 6.92 Å². The number of esters is 1. The number of nitrogens with zero attached hydrogens (tertiary/aromatic N) is 1. The molecule has 2 rings (SSSR count). The minimum atomic E-state index is -1.10. The fraction of sp³-hybridized carbons (Fsp3) is 0.714. The molecular formula is C14H21N3O5. The van der Waals surface area contributed by atoms with Gasteiger partial charge in [-0.15, -0.1) is 0 Å². The lowest BCUT2D eigenvalue weighted by molar-refractivity contribution is -0.156. The Morgan fingerprint density at radius 2 is 2.14 bits per heavy atom. The molecule has 1 saturated heterocycles. The molecule has 0 radical (unpaired) electrons. The number of rotatable bonds is 4. The molecular weight excluding hydrogens is 290 g/mol. The number of urea groups is 1. The molecule has 0 aromatic rings. The normalized spacial score (nSPS) is 29.4. The van der Waals surface area contributed by atoms with Crippen molar-refractivity contribution in [3.63, 3.8) is 0 Å². The molecule has 4 amide bonds. The third-order valence-corrected chi connectivity index (χ3v) is 4.50. The van der Waals surface area contributed by atoms with E-state index >= 15 is 0 Å². The van der Waals surface area contributed by atoms with E-state index in [1.165, 1.54) is 6.92 Å². The van der Waals surface area contributed by atoms with Crippen molar-refractivity contribution >= 4 is 23.8 Å². The maximum atomic E-state index is 12.6. The van der Waals surface area contributed by atoms with Gasteiger partial charge < -0.3 is 15.8 Å². The average Bonchev–Trinajstić information content (AvgIpc) is 2.67. The molecule has 22 heavy (non-hydrogen) atoms. The number of carbonyl (C=O) groups excluding carboxylic acids is 4. The van der Waals surface area contributed by atoms with E-state index in [-0.39, 0.29) is 5.92 Å². The zero-order chi connectivity index (χ0) is 16.5. The van der Waals surface area contributed by atoms with Crippen LogP contribution in [0.1, 0.15) is 39.5 Å². The van der Waals surface area contributed by atoms with E-state index in [1.54, 1.807) is 0 Å². The molecule has 0 bridgehead atoms. The lowest BCUT2D eigenvalue weighted by atomic mass is 9.73. The first-order valence-electron chi connectivity index (χ1n) is 7.41. The first-order chi connectivity index (χ1) is 10.3. The molecule has 1 heterocycles. The zero-order valence-electron chi connectivity index (χ0n) is 12.8. The van der Waals surface area contributed by atoms with Gasteiger partial charge in [-0.3, -0.25) is 19.3 Å². The zero-order valence-corrected chi connectivity index (χ0v) is 12.8. The topological polar surface area (TPSA) is 119 Å². The van der Waals surface area contributed by atoms with E-state index in [0.717, 1.165) is 24.2 Å². The van der Waals surface area contributed by atoms with Crippen LogP contribution in [-0.4, -0.2) is 46.9 Å². The van der Waals surface area contributed by atoms with Crippen LogP contribution in [0.3, 0.4) is 0 Å². The van der Waals surface area contributed by atoms with Gasteiger partial charge in [-0.2, -0.15) is 0 Å². The summed E-state index contributed by atoms with van der Waals surface area (Å²) in [6.07, 6.45) is 2.19. The van der Waals surface area contributed by atoms with Gasteiger partial charge in [-0.25, -0.2) is 4.79 Å². The standard InChI is InChI=1S/C14H21N3O5/c1-8-5-3-4-6-14(8)12(20)17(13(21)16-14)7-10(18)22-9(2)11(15)19/h8-9H,3-7H2,1-2H3,(H2,15,19)(H,16,21)/t8-,9+,14-/m1/s1. The third-order valence-electron chi connectivity index (χ3n) is 4.50. The molecule has 3 N–H and O–H groups in total. The van der Waals surface area contributed by atoms with Crippen molar-refractivity contribution in [2.24, 2.45) is 11.7 Å². The van der Waals surface area contributed by atoms with Crippen LogP contribution in [0, 0.1) is 5.92 Å². The smallest absolute Gasteiger partial charge is 0.327 e. The minimum Gasteiger partial charge on any atom is -0.451 e. The Morgan fingerprint density at radius 3 is 2.73 bits per heavy atom. The van der Waals surface area contributed by atoms with Gasteiger partial charge in [0.25, 0.3) is 11.8 Å². The van der Waals surface area contributed by atoms with E-state index in [0.29, 0.717) is 6.42 Å². The monoisotopic (exact) mass is 311 g/mol. The molecule has 8 nitrogen and oxygen atoms in total. The maximum Gasteiger partial charge on any atom is 0.327 e. The van der Waals surface area contributed by atoms with Crippen molar-refractivity contribution in [2.75, 3.05) is 6.54 Å². The molecule has 1 aliphatic heterocycles. The fourth-order valence-corrected chi connectivity index (χ4v) is 3.06. The fourth-order valence-electron chi connectivity index (χ4n) is 3.06. The summed E-state index contributed by atoms with van der Waals surface area (Å²) < 4.78 is 4.79. The van der Waals surface area contributed by atoms with Crippen LogP contribution in [0.15, 0.2) is 0 Å². The second-order valence-corrected chi connectivity index (χ2v) is 5.97. The van der Waals surface area contributed by atoms with Crippen molar-refractivity contribution in [1.29, 1.82) is 0 Å². The number of amides is 4. The molecule has 2 aliphatic rings. The van der Waals surface area contributed by atoms with Gasteiger partial charge in [-0.05, 0) is 25.7 Å². The number of ether oxygens (including phenoxy) is 1. The minimum absolute atomic E-state index is 0.0169. The first-order valence-corrected chi connectivity index (χ1v) is 7.41. The van der Waals surface area contributed by atoms with Crippen molar-refractivity contribution in [3.05, 3.63) is 0 Å². The van der Waals surface area contributed by atoms with Crippen LogP contribution >= 0.6 is 0 Å². The summed E-state index contributed by atoms with van der Waals surface area (Å²) in [6.45, 7) is 2.74. The molecule has 0 aromatic heterocycles. The van der Waals surface area contributed by atoms with E-state index in [4.69, 9.17) is 10.5 Å². The molecule has 2 fully saturated rings. The number of primary amides is 1. The van der Waals surface area contributed by atoms with Gasteiger partial charge >= 0.3 is 12.0 Å². The van der Waals surface area contributed by atoms with Crippen molar-refractivity contribution in [1.82, 2.24) is 10.2 Å². The lowest BCUT2D eigenvalue weighted by Gasteiger charge is -2.36. The molecule has 122 valence electrons. The van der Waals surface area contributed by atoms with Gasteiger partial charge in [-0.1, -0.05) is 19.8 Å². The lowest BCUT2D eigenvalue weighted by Crippen LogP contribution is -2.54. The molecule has 1 aliphatic carbocycles. The van der Waals surface area contributed by atoms with Crippen LogP contribution < -0.4 is 11.1 Å². The second kappa shape index (κ2) is 5.94. The highest BCUT2D eigenvalue weighted by atomic mass is 16.5. The molecule has 0 aromatic carbocycles. The van der Waals surface area contributed by atoms with Gasteiger partial charge in [0.1, 0.15) is 12.1 Å². The Bertz CT molecular complexity index is 521. The third kappa shape index (κ3) is 2.77. The van der Waals surface area contributed by atoms with Crippen LogP contribution in [-0.2, 0) is 19.1 Å². The van der Waals surface area contributed by atoms with Crippen LogP contribution in [0.25, 0.3) is 0 Å². The number of hydrogen-bond acceptors (Lipinski definition) is 5. The summed E-state index contributed by atoms with van der Waals surface area (Å²) in [5.41, 5.74) is 4.09. The van der Waals surface area contributed by atoms with Crippen molar-refractivity contribution in [2.45, 2.75) is 51.2 Å². The molecule has 1 spiro atoms. The van der Waals surface area contributed by atoms with E-state index in [2.05, 4.69) is 5.32 Å². The Balaban J connectivity index is 2.06. The Kier molecular flexibility index (Phi) is 4.39. The maximum absolute atomic E-state index is 12.6. The Morgan fingerprint density at radius 1 is 1.45 bits per heavy atom. The summed E-state index contributed by atoms with van der Waals surface area (Å²) >= 11 is 0. The van der Waals surface area contributed by atoms with Crippen LogP contribution in [0.2, 0.25) is 0 Å². The number of imide groups is 1. The predicted molar refractivity (Wildman–Crippen MR) is 75.4 cm³/mol. The van der Waals surface area contributed by atoms with E-state index in [9.17, 15) is 19.2 Å². The van der Waals surface area contributed by atoms with Crippen LogP contribution in [0.4, 0.5) is 4.79 Å². The number of carbonyl (C=O) groups is 4. The largest absolute Gasteiger partial charge is 0.451 e. The highest BCUT2D eigenvalue weighted by Gasteiger charge is 2.55. The molecule has 8 heteroatoms. The summed E-state index contributed by atoms with van der Waals surface area (Å²) in [6, 6.07) is -0.595. The highest BCUT2D eigenvalue weighted by Crippen LogP contribution is 2.38. The highest BCUT2D eigenvalue weighted by molar-refractivity contribution is 6.09. The van der Waals surface area contributed by atoms with Crippen LogP contribution in [0.5, 0.6) is 0 Å². The molecule has 0 unspecified atom stereocenters. The summed E-state index contributed by atoms with van der Waals surface area (Å²) in [7, 11) is 0. The number of hydrogen-bond donors (Lipinski definition) is 2. The van der Waals surface area contributed by atoms with Gasteiger partial charge in [0.05, 0.1) is 0 Å². The van der Waals surface area contributed by atoms with Gasteiger partial charge in [0.15, 0.2) is 6.10 Å².